The van der Waals surface area contributed by atoms with E-state index in [1.165, 1.54) is 0 Å². The fourth-order valence-corrected chi connectivity index (χ4v) is 4.13. The second kappa shape index (κ2) is 8.46. The molecule has 2 nitrogen and oxygen atoms in total. The topological polar surface area (TPSA) is 29.1 Å². The van der Waals surface area contributed by atoms with Crippen LogP contribution in [0.1, 0.15) is 27.0 Å². The van der Waals surface area contributed by atoms with Crippen LogP contribution in [0, 0.1) is 0 Å². The Morgan fingerprint density at radius 1 is 0.586 bits per heavy atom. The van der Waals surface area contributed by atoms with Crippen LogP contribution in [0.2, 0.25) is 0 Å². The number of carbonyl (C=O) groups excluding carboxylic acids is 1. The normalized spacial score (nSPS) is 11.1. The number of amides is 1. The number of nitrogens with one attached hydrogen (secondary N) is 1. The first-order chi connectivity index (χ1) is 14.2. The van der Waals surface area contributed by atoms with Crippen molar-refractivity contribution in [2.75, 3.05) is 0 Å². The van der Waals surface area contributed by atoms with Crippen LogP contribution < -0.4 is 5.32 Å². The molecule has 0 saturated carbocycles. The highest BCUT2D eigenvalue weighted by Crippen LogP contribution is 2.37. The average molecular weight is 442 g/mol. The molecule has 0 saturated heterocycles. The molecule has 0 radical (unpaired) electrons. The van der Waals surface area contributed by atoms with Gasteiger partial charge in [0.25, 0.3) is 5.91 Å². The van der Waals surface area contributed by atoms with Gasteiger partial charge in [-0.1, -0.05) is 103 Å². The predicted octanol–water partition coefficient (Wildman–Crippen LogP) is 6.17. The summed E-state index contributed by atoms with van der Waals surface area (Å²) >= 11 is 3.51. The molecule has 1 N–H and O–H groups in total. The SMILES string of the molecule is O=C(NC(c1ccccc1)(c1ccccc1)c1ccccc1)c1ccccc1Br. The average Bonchev–Trinajstić information content (AvgIpc) is 2.79. The minimum Gasteiger partial charge on any atom is -0.334 e. The van der Waals surface area contributed by atoms with Crippen LogP contribution in [-0.4, -0.2) is 5.91 Å². The summed E-state index contributed by atoms with van der Waals surface area (Å²) in [5, 5.41) is 3.37. The lowest BCUT2D eigenvalue weighted by atomic mass is 9.77. The van der Waals surface area contributed by atoms with Gasteiger partial charge in [-0.3, -0.25) is 4.79 Å². The molecule has 0 aliphatic rings. The van der Waals surface area contributed by atoms with Gasteiger partial charge in [-0.05, 0) is 44.8 Å². The molecule has 4 aromatic rings. The van der Waals surface area contributed by atoms with Gasteiger partial charge >= 0.3 is 0 Å². The van der Waals surface area contributed by atoms with E-state index in [0.29, 0.717) is 5.56 Å². The van der Waals surface area contributed by atoms with Crippen molar-refractivity contribution >= 4 is 21.8 Å². The zero-order valence-electron chi connectivity index (χ0n) is 15.8. The fourth-order valence-electron chi connectivity index (χ4n) is 3.66. The van der Waals surface area contributed by atoms with Gasteiger partial charge in [0, 0.05) is 4.47 Å². The van der Waals surface area contributed by atoms with Crippen LogP contribution in [0.5, 0.6) is 0 Å². The van der Waals surface area contributed by atoms with E-state index in [1.54, 1.807) is 0 Å². The van der Waals surface area contributed by atoms with Gasteiger partial charge < -0.3 is 5.32 Å². The molecule has 4 rings (SSSR count). The molecule has 1 amide bonds. The third-order valence-electron chi connectivity index (χ3n) is 5.04. The second-order valence-electron chi connectivity index (χ2n) is 6.78. The molecule has 0 heterocycles. The maximum Gasteiger partial charge on any atom is 0.253 e. The first-order valence-corrected chi connectivity index (χ1v) is 10.2. The summed E-state index contributed by atoms with van der Waals surface area (Å²) in [6.45, 7) is 0. The Hall–Kier alpha value is -3.17. The van der Waals surface area contributed by atoms with Crippen LogP contribution >= 0.6 is 15.9 Å². The van der Waals surface area contributed by atoms with Gasteiger partial charge in [-0.2, -0.15) is 0 Å². The van der Waals surface area contributed by atoms with Crippen molar-refractivity contribution in [3.63, 3.8) is 0 Å². The Morgan fingerprint density at radius 2 is 0.966 bits per heavy atom. The largest absolute Gasteiger partial charge is 0.334 e. The van der Waals surface area contributed by atoms with Crippen molar-refractivity contribution in [3.8, 4) is 0 Å². The van der Waals surface area contributed by atoms with Crippen molar-refractivity contribution in [2.45, 2.75) is 5.54 Å². The molecule has 0 fully saturated rings. The molecule has 3 heteroatoms. The van der Waals surface area contributed by atoms with Gasteiger partial charge in [0.05, 0.1) is 5.56 Å². The number of hydrogen-bond donors (Lipinski definition) is 1. The molecule has 0 spiro atoms. The summed E-state index contributed by atoms with van der Waals surface area (Å²) in [5.41, 5.74) is 2.77. The van der Waals surface area contributed by atoms with E-state index in [1.807, 2.05) is 78.9 Å². The van der Waals surface area contributed by atoms with E-state index >= 15 is 0 Å². The predicted molar refractivity (Wildman–Crippen MR) is 121 cm³/mol. The molecular weight excluding hydrogens is 422 g/mol. The molecule has 29 heavy (non-hydrogen) atoms. The Bertz CT molecular complexity index is 998. The number of hydrogen-bond acceptors (Lipinski definition) is 1. The molecule has 4 aromatic carbocycles. The minimum absolute atomic E-state index is 0.144. The van der Waals surface area contributed by atoms with E-state index < -0.39 is 5.54 Å². The summed E-state index contributed by atoms with van der Waals surface area (Å²) in [6.07, 6.45) is 0. The van der Waals surface area contributed by atoms with Crippen LogP contribution in [0.15, 0.2) is 120 Å². The van der Waals surface area contributed by atoms with Gasteiger partial charge in [-0.15, -0.1) is 0 Å². The summed E-state index contributed by atoms with van der Waals surface area (Å²) < 4.78 is 0.764. The van der Waals surface area contributed by atoms with E-state index in [-0.39, 0.29) is 5.91 Å². The minimum atomic E-state index is -0.823. The molecule has 142 valence electrons. The quantitative estimate of drug-likeness (QED) is 0.368. The van der Waals surface area contributed by atoms with Crippen LogP contribution in [0.3, 0.4) is 0 Å². The first kappa shape index (κ1) is 19.2. The zero-order chi connectivity index (χ0) is 20.1. The Labute approximate surface area is 179 Å². The third kappa shape index (κ3) is 3.74. The molecule has 0 atom stereocenters. The molecule has 0 bridgehead atoms. The lowest BCUT2D eigenvalue weighted by molar-refractivity contribution is 0.0924. The number of halogens is 1. The van der Waals surface area contributed by atoms with E-state index in [4.69, 9.17) is 0 Å². The number of carbonyl (C=O) groups is 1. The number of benzene rings is 4. The van der Waals surface area contributed by atoms with E-state index in [9.17, 15) is 4.79 Å². The first-order valence-electron chi connectivity index (χ1n) is 9.45. The van der Waals surface area contributed by atoms with Crippen molar-refractivity contribution in [1.82, 2.24) is 5.32 Å². The number of rotatable bonds is 5. The molecular formula is C26H20BrNO. The van der Waals surface area contributed by atoms with Crippen molar-refractivity contribution < 1.29 is 4.79 Å². The van der Waals surface area contributed by atoms with Gasteiger partial charge in [-0.25, -0.2) is 0 Å². The smallest absolute Gasteiger partial charge is 0.253 e. The maximum absolute atomic E-state index is 13.5. The summed E-state index contributed by atoms with van der Waals surface area (Å²) in [5.74, 6) is -0.144. The molecule has 0 aliphatic heterocycles. The van der Waals surface area contributed by atoms with Crippen LogP contribution in [-0.2, 0) is 5.54 Å². The van der Waals surface area contributed by atoms with Gasteiger partial charge in [0.1, 0.15) is 5.54 Å². The molecule has 0 aliphatic carbocycles. The summed E-state index contributed by atoms with van der Waals surface area (Å²) in [6, 6.07) is 37.8. The van der Waals surface area contributed by atoms with Crippen LogP contribution in [0.25, 0.3) is 0 Å². The van der Waals surface area contributed by atoms with Crippen molar-refractivity contribution in [3.05, 3.63) is 142 Å². The maximum atomic E-state index is 13.5. The van der Waals surface area contributed by atoms with E-state index in [2.05, 4.69) is 57.6 Å². The van der Waals surface area contributed by atoms with Crippen molar-refractivity contribution in [1.29, 1.82) is 0 Å². The standard InChI is InChI=1S/C26H20BrNO/c27-24-19-11-10-18-23(24)25(29)28-26(20-12-4-1-5-13-20,21-14-6-2-7-15-21)22-16-8-3-9-17-22/h1-19H,(H,28,29). The Balaban J connectivity index is 1.95. The lowest BCUT2D eigenvalue weighted by Crippen LogP contribution is -2.47. The molecule has 0 unspecified atom stereocenters. The Kier molecular flexibility index (Phi) is 5.59. The highest BCUT2D eigenvalue weighted by atomic mass is 79.9. The van der Waals surface area contributed by atoms with Crippen molar-refractivity contribution in [2.24, 2.45) is 0 Å². The second-order valence-corrected chi connectivity index (χ2v) is 7.64. The molecule has 0 aromatic heterocycles. The zero-order valence-corrected chi connectivity index (χ0v) is 17.3. The fraction of sp³-hybridized carbons (Fsp3) is 0.0385. The van der Waals surface area contributed by atoms with Gasteiger partial charge in [0.15, 0.2) is 0 Å². The monoisotopic (exact) mass is 441 g/mol. The summed E-state index contributed by atoms with van der Waals surface area (Å²) in [7, 11) is 0. The lowest BCUT2D eigenvalue weighted by Gasteiger charge is -2.37. The van der Waals surface area contributed by atoms with Gasteiger partial charge in [0.2, 0.25) is 0 Å². The highest BCUT2D eigenvalue weighted by Gasteiger charge is 2.38. The van der Waals surface area contributed by atoms with E-state index in [0.717, 1.165) is 21.2 Å². The summed E-state index contributed by atoms with van der Waals surface area (Å²) in [4.78, 5) is 13.5. The third-order valence-corrected chi connectivity index (χ3v) is 5.73. The highest BCUT2D eigenvalue weighted by molar-refractivity contribution is 9.10. The van der Waals surface area contributed by atoms with Crippen LogP contribution in [0.4, 0.5) is 0 Å². The Morgan fingerprint density at radius 3 is 1.38 bits per heavy atom.